The van der Waals surface area contributed by atoms with E-state index in [0.29, 0.717) is 29.1 Å². The Morgan fingerprint density at radius 1 is 1.12 bits per heavy atom. The van der Waals surface area contributed by atoms with Gasteiger partial charge in [0.05, 0.1) is 12.1 Å². The molecule has 5 heteroatoms. The van der Waals surface area contributed by atoms with Crippen LogP contribution in [0.1, 0.15) is 28.4 Å². The van der Waals surface area contributed by atoms with E-state index in [1.165, 1.54) is 0 Å². The molecule has 2 aromatic rings. The molecule has 0 saturated carbocycles. The highest BCUT2D eigenvalue weighted by atomic mass is 16.7. The molecule has 0 spiro atoms. The van der Waals surface area contributed by atoms with Gasteiger partial charge in [0.15, 0.2) is 17.3 Å². The summed E-state index contributed by atoms with van der Waals surface area (Å²) >= 11 is 0. The number of aliphatic hydroxyl groups is 1. The van der Waals surface area contributed by atoms with Crippen LogP contribution >= 0.6 is 0 Å². The summed E-state index contributed by atoms with van der Waals surface area (Å²) in [5.41, 5.74) is 2.82. The number of ether oxygens (including phenoxy) is 2. The minimum Gasteiger partial charge on any atom is -0.506 e. The zero-order valence-electron chi connectivity index (χ0n) is 13.1. The Morgan fingerprint density at radius 2 is 1.88 bits per heavy atom. The molecule has 2 aromatic carbocycles. The number of carbonyl (C=O) groups excluding carboxylic acids is 1. The summed E-state index contributed by atoms with van der Waals surface area (Å²) in [4.78, 5) is 16.9. The van der Waals surface area contributed by atoms with Gasteiger partial charge in [0.2, 0.25) is 6.79 Å². The quantitative estimate of drug-likeness (QED) is 0.878. The number of ketones is 1. The van der Waals surface area contributed by atoms with Crippen molar-refractivity contribution in [2.24, 2.45) is 4.99 Å². The normalized spacial score (nSPS) is 15.9. The first-order valence-electron chi connectivity index (χ1n) is 7.62. The van der Waals surface area contributed by atoms with Gasteiger partial charge in [0.1, 0.15) is 5.76 Å². The highest BCUT2D eigenvalue weighted by Gasteiger charge is 2.30. The topological polar surface area (TPSA) is 68.1 Å². The van der Waals surface area contributed by atoms with Crippen molar-refractivity contribution in [3.05, 3.63) is 64.7 Å². The predicted octanol–water partition coefficient (Wildman–Crippen LogP) is 3.54. The van der Waals surface area contributed by atoms with Crippen molar-refractivity contribution in [1.29, 1.82) is 0 Å². The second-order valence-corrected chi connectivity index (χ2v) is 5.69. The Labute approximate surface area is 138 Å². The van der Waals surface area contributed by atoms with Gasteiger partial charge in [0, 0.05) is 16.8 Å². The van der Waals surface area contributed by atoms with E-state index in [-0.39, 0.29) is 23.9 Å². The minimum absolute atomic E-state index is 0.00235. The molecule has 0 saturated heterocycles. The average Bonchev–Trinajstić information content (AvgIpc) is 3.16. The third kappa shape index (κ3) is 2.25. The van der Waals surface area contributed by atoms with Crippen LogP contribution in [-0.4, -0.2) is 23.4 Å². The highest BCUT2D eigenvalue weighted by molar-refractivity contribution is 6.35. The van der Waals surface area contributed by atoms with Gasteiger partial charge in [-0.1, -0.05) is 30.3 Å². The van der Waals surface area contributed by atoms with E-state index in [1.54, 1.807) is 31.2 Å². The maximum absolute atomic E-state index is 12.5. The number of aliphatic hydroxyl groups excluding tert-OH is 1. The van der Waals surface area contributed by atoms with Crippen LogP contribution in [-0.2, 0) is 6.54 Å². The number of fused-ring (bicyclic) bond motifs is 2. The maximum atomic E-state index is 12.5. The molecule has 120 valence electrons. The Hall–Kier alpha value is -3.08. The monoisotopic (exact) mass is 321 g/mol. The van der Waals surface area contributed by atoms with E-state index in [1.807, 2.05) is 18.2 Å². The number of allylic oxidation sites excluding steroid dienone is 1. The fraction of sp³-hybridized carbons (Fsp3) is 0.158. The number of hydrogen-bond donors (Lipinski definition) is 1. The van der Waals surface area contributed by atoms with Crippen molar-refractivity contribution >= 4 is 17.3 Å². The van der Waals surface area contributed by atoms with Crippen LogP contribution in [0, 0.1) is 0 Å². The van der Waals surface area contributed by atoms with Crippen LogP contribution in [0.15, 0.2) is 53.0 Å². The summed E-state index contributed by atoms with van der Waals surface area (Å²) in [5.74, 6) is 1.24. The van der Waals surface area contributed by atoms with Crippen LogP contribution in [0.5, 0.6) is 11.5 Å². The van der Waals surface area contributed by atoms with Gasteiger partial charge in [-0.2, -0.15) is 0 Å². The molecule has 0 radical (unpaired) electrons. The van der Waals surface area contributed by atoms with Crippen molar-refractivity contribution in [2.45, 2.75) is 13.5 Å². The van der Waals surface area contributed by atoms with Crippen molar-refractivity contribution < 1.29 is 19.4 Å². The van der Waals surface area contributed by atoms with Gasteiger partial charge in [-0.05, 0) is 24.6 Å². The lowest BCUT2D eigenvalue weighted by molar-refractivity contribution is 0.104. The molecule has 0 fully saturated rings. The van der Waals surface area contributed by atoms with Crippen molar-refractivity contribution in [2.75, 3.05) is 6.79 Å². The van der Waals surface area contributed by atoms with Crippen LogP contribution in [0.25, 0.3) is 5.76 Å². The molecule has 1 aliphatic heterocycles. The molecular weight excluding hydrogens is 306 g/mol. The summed E-state index contributed by atoms with van der Waals surface area (Å²) in [6, 6.07) is 12.7. The second-order valence-electron chi connectivity index (χ2n) is 5.69. The SMILES string of the molecule is CC(=NCc1ccc2c(c1)OCO2)C1=C(O)c2ccccc2C1=O. The first kappa shape index (κ1) is 14.5. The molecule has 0 atom stereocenters. The fourth-order valence-electron chi connectivity index (χ4n) is 2.93. The average molecular weight is 321 g/mol. The molecule has 0 bridgehead atoms. The molecule has 1 heterocycles. The standard InChI is InChI=1S/C19H15NO4/c1-11(17-18(21)13-4-2-3-5-14(13)19(17)22)20-9-12-6-7-15-16(8-12)24-10-23-15/h2-8,21H,9-10H2,1H3. The molecule has 24 heavy (non-hydrogen) atoms. The number of rotatable bonds is 3. The lowest BCUT2D eigenvalue weighted by Crippen LogP contribution is -2.08. The fourth-order valence-corrected chi connectivity index (χ4v) is 2.93. The van der Waals surface area contributed by atoms with Crippen LogP contribution in [0.4, 0.5) is 0 Å². The van der Waals surface area contributed by atoms with Gasteiger partial charge in [0.25, 0.3) is 0 Å². The first-order valence-corrected chi connectivity index (χ1v) is 7.62. The van der Waals surface area contributed by atoms with E-state index < -0.39 is 0 Å². The molecule has 0 unspecified atom stereocenters. The third-order valence-corrected chi connectivity index (χ3v) is 4.19. The molecule has 1 aliphatic carbocycles. The highest BCUT2D eigenvalue weighted by Crippen LogP contribution is 2.33. The number of Topliss-reactive ketones (excluding diaryl/α,β-unsaturated/α-hetero) is 1. The Morgan fingerprint density at radius 3 is 2.67 bits per heavy atom. The summed E-state index contributed by atoms with van der Waals surface area (Å²) in [6.07, 6.45) is 0. The summed E-state index contributed by atoms with van der Waals surface area (Å²) < 4.78 is 10.6. The third-order valence-electron chi connectivity index (χ3n) is 4.19. The Balaban J connectivity index is 1.60. The molecule has 4 rings (SSSR count). The minimum atomic E-state index is -0.185. The van der Waals surface area contributed by atoms with Gasteiger partial charge < -0.3 is 14.6 Å². The molecule has 0 aromatic heterocycles. The first-order chi connectivity index (χ1) is 11.6. The zero-order valence-corrected chi connectivity index (χ0v) is 13.1. The van der Waals surface area contributed by atoms with E-state index in [4.69, 9.17) is 9.47 Å². The molecular formula is C19H15NO4. The van der Waals surface area contributed by atoms with E-state index in [2.05, 4.69) is 4.99 Å². The number of hydrogen-bond acceptors (Lipinski definition) is 5. The Kier molecular flexibility index (Phi) is 3.34. The maximum Gasteiger partial charge on any atom is 0.231 e. The smallest absolute Gasteiger partial charge is 0.231 e. The lowest BCUT2D eigenvalue weighted by Gasteiger charge is -2.03. The lowest BCUT2D eigenvalue weighted by atomic mass is 10.1. The molecule has 0 amide bonds. The summed E-state index contributed by atoms with van der Waals surface area (Å²) in [7, 11) is 0. The van der Waals surface area contributed by atoms with Crippen LogP contribution < -0.4 is 9.47 Å². The zero-order chi connectivity index (χ0) is 16.7. The van der Waals surface area contributed by atoms with E-state index >= 15 is 0 Å². The molecule has 2 aliphatic rings. The predicted molar refractivity (Wildman–Crippen MR) is 89.7 cm³/mol. The number of aliphatic imine (C=N–C) groups is 1. The van der Waals surface area contributed by atoms with Crippen LogP contribution in [0.2, 0.25) is 0 Å². The van der Waals surface area contributed by atoms with Gasteiger partial charge in [-0.3, -0.25) is 9.79 Å². The van der Waals surface area contributed by atoms with Crippen molar-refractivity contribution in [1.82, 2.24) is 0 Å². The number of nitrogens with zero attached hydrogens (tertiary/aromatic N) is 1. The van der Waals surface area contributed by atoms with E-state index in [9.17, 15) is 9.90 Å². The largest absolute Gasteiger partial charge is 0.506 e. The second kappa shape index (κ2) is 5.53. The van der Waals surface area contributed by atoms with Crippen LogP contribution in [0.3, 0.4) is 0 Å². The van der Waals surface area contributed by atoms with Gasteiger partial charge >= 0.3 is 0 Å². The van der Waals surface area contributed by atoms with Crippen molar-refractivity contribution in [3.63, 3.8) is 0 Å². The Bertz CT molecular complexity index is 911. The summed E-state index contributed by atoms with van der Waals surface area (Å²) in [5, 5.41) is 10.3. The molecule has 1 N–H and O–H groups in total. The summed E-state index contributed by atoms with van der Waals surface area (Å²) in [6.45, 7) is 2.36. The van der Waals surface area contributed by atoms with Gasteiger partial charge in [-0.15, -0.1) is 0 Å². The van der Waals surface area contributed by atoms with Crippen molar-refractivity contribution in [3.8, 4) is 11.5 Å². The van der Waals surface area contributed by atoms with Gasteiger partial charge in [-0.25, -0.2) is 0 Å². The number of benzene rings is 2. The number of carbonyl (C=O) groups is 1. The van der Waals surface area contributed by atoms with E-state index in [0.717, 1.165) is 11.3 Å². The molecule has 5 nitrogen and oxygen atoms in total.